The molecule has 2 amide bonds. The van der Waals surface area contributed by atoms with Crippen LogP contribution in [0, 0.1) is 11.8 Å². The van der Waals surface area contributed by atoms with E-state index in [-0.39, 0.29) is 29.7 Å². The number of rotatable bonds is 7. The summed E-state index contributed by atoms with van der Waals surface area (Å²) in [5.41, 5.74) is 1.10. The van der Waals surface area contributed by atoms with E-state index in [4.69, 9.17) is 4.74 Å². The van der Waals surface area contributed by atoms with E-state index in [0.717, 1.165) is 76.8 Å². The van der Waals surface area contributed by atoms with Gasteiger partial charge in [-0.05, 0) is 50.5 Å². The van der Waals surface area contributed by atoms with Crippen LogP contribution in [-0.4, -0.2) is 71.8 Å². The van der Waals surface area contributed by atoms with Crippen LogP contribution < -0.4 is 10.6 Å². The molecule has 1 aromatic heterocycles. The molecule has 3 N–H and O–H groups in total. The van der Waals surface area contributed by atoms with Crippen LogP contribution in [0.5, 0.6) is 0 Å². The number of nitrogens with zero attached hydrogens (tertiary/aromatic N) is 2. The van der Waals surface area contributed by atoms with Crippen molar-refractivity contribution in [3.63, 3.8) is 0 Å². The van der Waals surface area contributed by atoms with Crippen LogP contribution in [-0.2, 0) is 20.7 Å². The van der Waals surface area contributed by atoms with Gasteiger partial charge in [-0.3, -0.25) is 19.6 Å². The summed E-state index contributed by atoms with van der Waals surface area (Å²) in [7, 11) is 0. The first-order valence-electron chi connectivity index (χ1n) is 11.1. The third-order valence-electron chi connectivity index (χ3n) is 6.41. The Bertz CT molecular complexity index is 670. The van der Waals surface area contributed by atoms with Crippen LogP contribution in [0.2, 0.25) is 0 Å². The predicted octanol–water partition coefficient (Wildman–Crippen LogP) is 0.854. The summed E-state index contributed by atoms with van der Waals surface area (Å²) in [5.74, 6) is 0.506. The van der Waals surface area contributed by atoms with Crippen molar-refractivity contribution in [3.8, 4) is 0 Å². The third-order valence-corrected chi connectivity index (χ3v) is 6.41. The fourth-order valence-corrected chi connectivity index (χ4v) is 4.46. The summed E-state index contributed by atoms with van der Waals surface area (Å²) >= 11 is 0. The number of aromatic nitrogens is 2. The molecule has 0 unspecified atom stereocenters. The summed E-state index contributed by atoms with van der Waals surface area (Å²) < 4.78 is 5.53. The van der Waals surface area contributed by atoms with Crippen molar-refractivity contribution < 1.29 is 14.3 Å². The lowest BCUT2D eigenvalue weighted by atomic mass is 10.00. The molecule has 2 saturated heterocycles. The van der Waals surface area contributed by atoms with E-state index in [1.807, 2.05) is 6.20 Å². The first-order valence-corrected chi connectivity index (χ1v) is 11.1. The van der Waals surface area contributed by atoms with Crippen molar-refractivity contribution in [1.82, 2.24) is 25.7 Å². The smallest absolute Gasteiger partial charge is 0.224 e. The lowest BCUT2D eigenvalue weighted by molar-refractivity contribution is -0.126. The number of hydrogen-bond donors (Lipinski definition) is 3. The standard InChI is InChI=1S/C21H33N5O3/c27-20(22-8-5-15-11-23-24-12-15)17-3-4-18(25-21(28)16-1-2-16)14-26(13-17)19-6-9-29-10-7-19/h11-12,16-19H,1-10,13-14H2,(H,22,27)(H,23,24)(H,25,28)/t17-,18+/m1/s1. The second-order valence-electron chi connectivity index (χ2n) is 8.70. The molecule has 0 radical (unpaired) electrons. The minimum atomic E-state index is -0.0370. The number of carbonyl (C=O) groups is 2. The minimum Gasteiger partial charge on any atom is -0.381 e. The van der Waals surface area contributed by atoms with Gasteiger partial charge >= 0.3 is 0 Å². The number of carbonyl (C=O) groups excluding carboxylic acids is 2. The highest BCUT2D eigenvalue weighted by Crippen LogP contribution is 2.30. The van der Waals surface area contributed by atoms with Gasteiger partial charge in [0.15, 0.2) is 0 Å². The lowest BCUT2D eigenvalue weighted by Gasteiger charge is -2.36. The first-order chi connectivity index (χ1) is 14.2. The second-order valence-corrected chi connectivity index (χ2v) is 8.70. The lowest BCUT2D eigenvalue weighted by Crippen LogP contribution is -2.49. The summed E-state index contributed by atoms with van der Waals surface area (Å²) in [6.45, 7) is 3.78. The molecule has 3 aliphatic rings. The molecule has 4 rings (SSSR count). The fourth-order valence-electron chi connectivity index (χ4n) is 4.46. The maximum Gasteiger partial charge on any atom is 0.224 e. The van der Waals surface area contributed by atoms with Crippen molar-refractivity contribution in [2.75, 3.05) is 32.8 Å². The van der Waals surface area contributed by atoms with Crippen LogP contribution in [0.25, 0.3) is 0 Å². The van der Waals surface area contributed by atoms with E-state index in [1.165, 1.54) is 0 Å². The van der Waals surface area contributed by atoms with Crippen LogP contribution in [0.15, 0.2) is 12.4 Å². The Balaban J connectivity index is 1.34. The van der Waals surface area contributed by atoms with Gasteiger partial charge in [0, 0.05) is 57.0 Å². The normalized spacial score (nSPS) is 26.6. The van der Waals surface area contributed by atoms with E-state index in [0.29, 0.717) is 12.6 Å². The van der Waals surface area contributed by atoms with Gasteiger partial charge in [0.2, 0.25) is 11.8 Å². The zero-order valence-corrected chi connectivity index (χ0v) is 17.1. The zero-order chi connectivity index (χ0) is 20.1. The van der Waals surface area contributed by atoms with Crippen LogP contribution in [0.4, 0.5) is 0 Å². The van der Waals surface area contributed by atoms with Gasteiger partial charge in [-0.15, -0.1) is 0 Å². The maximum atomic E-state index is 12.9. The molecule has 3 fully saturated rings. The molecule has 2 aliphatic heterocycles. The molecule has 1 aliphatic carbocycles. The predicted molar refractivity (Wildman–Crippen MR) is 108 cm³/mol. The van der Waals surface area contributed by atoms with Crippen LogP contribution in [0.1, 0.15) is 44.1 Å². The number of amides is 2. The molecule has 29 heavy (non-hydrogen) atoms. The molecular formula is C21H33N5O3. The van der Waals surface area contributed by atoms with E-state index >= 15 is 0 Å². The molecule has 160 valence electrons. The topological polar surface area (TPSA) is 99.3 Å². The van der Waals surface area contributed by atoms with Gasteiger partial charge in [0.05, 0.1) is 12.1 Å². The second kappa shape index (κ2) is 9.71. The van der Waals surface area contributed by atoms with Gasteiger partial charge in [-0.2, -0.15) is 5.10 Å². The molecular weight excluding hydrogens is 370 g/mol. The Hall–Kier alpha value is -1.93. The number of aromatic amines is 1. The highest BCUT2D eigenvalue weighted by molar-refractivity contribution is 5.81. The molecule has 1 aromatic rings. The highest BCUT2D eigenvalue weighted by atomic mass is 16.5. The molecule has 0 spiro atoms. The monoisotopic (exact) mass is 403 g/mol. The molecule has 8 nitrogen and oxygen atoms in total. The van der Waals surface area contributed by atoms with Crippen molar-refractivity contribution in [3.05, 3.63) is 18.0 Å². The summed E-state index contributed by atoms with van der Waals surface area (Å²) in [5, 5.41) is 13.1. The quantitative estimate of drug-likeness (QED) is 0.627. The van der Waals surface area contributed by atoms with E-state index in [1.54, 1.807) is 6.20 Å². The molecule has 2 atom stereocenters. The van der Waals surface area contributed by atoms with Crippen LogP contribution in [0.3, 0.4) is 0 Å². The van der Waals surface area contributed by atoms with Gasteiger partial charge < -0.3 is 15.4 Å². The van der Waals surface area contributed by atoms with Gasteiger partial charge in [-0.1, -0.05) is 0 Å². The summed E-state index contributed by atoms with van der Waals surface area (Å²) in [6.07, 6.45) is 10.1. The van der Waals surface area contributed by atoms with E-state index < -0.39 is 0 Å². The molecule has 1 saturated carbocycles. The largest absolute Gasteiger partial charge is 0.381 e. The number of H-pyrrole nitrogens is 1. The molecule has 8 heteroatoms. The summed E-state index contributed by atoms with van der Waals surface area (Å²) in [6, 6.07) is 0.568. The average molecular weight is 404 g/mol. The van der Waals surface area contributed by atoms with Crippen LogP contribution >= 0.6 is 0 Å². The van der Waals surface area contributed by atoms with E-state index in [9.17, 15) is 9.59 Å². The third kappa shape index (κ3) is 5.79. The molecule has 0 aromatic carbocycles. The number of nitrogens with one attached hydrogen (secondary N) is 3. The van der Waals surface area contributed by atoms with Crippen molar-refractivity contribution in [2.45, 2.75) is 57.0 Å². The summed E-state index contributed by atoms with van der Waals surface area (Å²) in [4.78, 5) is 27.6. The Morgan fingerprint density at radius 1 is 1.07 bits per heavy atom. The first kappa shape index (κ1) is 20.3. The highest BCUT2D eigenvalue weighted by Gasteiger charge is 2.35. The minimum absolute atomic E-state index is 0.0370. The molecule has 0 bridgehead atoms. The SMILES string of the molecule is O=C(N[C@H]1CC[C@@H](C(=O)NCCc2cn[nH]c2)CN(C2CCOCC2)C1)C1CC1. The van der Waals surface area contributed by atoms with Crippen molar-refractivity contribution >= 4 is 11.8 Å². The van der Waals surface area contributed by atoms with Gasteiger partial charge in [-0.25, -0.2) is 0 Å². The van der Waals surface area contributed by atoms with Gasteiger partial charge in [0.1, 0.15) is 0 Å². The average Bonchev–Trinajstić information content (AvgIpc) is 3.50. The Morgan fingerprint density at radius 2 is 1.86 bits per heavy atom. The van der Waals surface area contributed by atoms with Crippen molar-refractivity contribution in [2.24, 2.45) is 11.8 Å². The van der Waals surface area contributed by atoms with Crippen molar-refractivity contribution in [1.29, 1.82) is 0 Å². The Labute approximate surface area is 172 Å². The molecule has 3 heterocycles. The number of likely N-dealkylation sites (tertiary alicyclic amines) is 1. The zero-order valence-electron chi connectivity index (χ0n) is 17.1. The maximum absolute atomic E-state index is 12.9. The fraction of sp³-hybridized carbons (Fsp3) is 0.762. The Kier molecular flexibility index (Phi) is 6.82. The number of ether oxygens (including phenoxy) is 1. The van der Waals surface area contributed by atoms with Gasteiger partial charge in [0.25, 0.3) is 0 Å². The Morgan fingerprint density at radius 3 is 2.59 bits per heavy atom. The number of hydrogen-bond acceptors (Lipinski definition) is 5. The van der Waals surface area contributed by atoms with E-state index in [2.05, 4.69) is 25.7 Å².